The number of furan rings is 1. The summed E-state index contributed by atoms with van der Waals surface area (Å²) in [5.41, 5.74) is -0.0613. The zero-order valence-corrected chi connectivity index (χ0v) is 23.4. The second kappa shape index (κ2) is 10.4. The van der Waals surface area contributed by atoms with Crippen LogP contribution in [0.15, 0.2) is 174 Å². The first-order valence-corrected chi connectivity index (χ1v) is 14.2. The second-order valence-corrected chi connectivity index (χ2v) is 10.5. The molecule has 1 heterocycles. The SMILES string of the molecule is [2H]c1c([2H])c([2H])c(-c2c([2H])c([2H])c3c(oc4c([2H])c([2H])c([2H])c(-c5c6ccccc6c(-c6c([2H])c([2H])c(-c7ccccc7)c([2H])c6[2H])c6ccccc56)c43)c2[2H])c([2H])c1[2H]. The molecule has 0 aliphatic rings. The summed E-state index contributed by atoms with van der Waals surface area (Å²) in [6.45, 7) is 0. The molecule has 0 N–H and O–H groups in total. The highest BCUT2D eigenvalue weighted by Crippen LogP contribution is 2.47. The number of fused-ring (bicyclic) bond motifs is 5. The topological polar surface area (TPSA) is 13.1 Å². The fraction of sp³-hybridized carbons (Fsp3) is 0. The van der Waals surface area contributed by atoms with Gasteiger partial charge in [-0.1, -0.05) is 151 Å². The Bertz CT molecular complexity index is 3260. The minimum absolute atomic E-state index is 0.0184. The molecule has 0 aliphatic heterocycles. The molecule has 0 saturated carbocycles. The lowest BCUT2D eigenvalue weighted by molar-refractivity contribution is 0.669. The van der Waals surface area contributed by atoms with Crippen molar-refractivity contribution in [2.24, 2.45) is 0 Å². The van der Waals surface area contributed by atoms with E-state index in [-0.39, 0.29) is 62.8 Å². The van der Waals surface area contributed by atoms with Gasteiger partial charge in [-0.25, -0.2) is 0 Å². The maximum atomic E-state index is 9.42. The van der Waals surface area contributed by atoms with E-state index < -0.39 is 77.6 Å². The van der Waals surface area contributed by atoms with E-state index in [0.717, 1.165) is 0 Å². The first-order valence-electron chi connectivity index (χ1n) is 21.7. The molecule has 0 atom stereocenters. The Balaban J connectivity index is 1.44. The molecule has 0 amide bonds. The Morgan fingerprint density at radius 2 is 0.956 bits per heavy atom. The van der Waals surface area contributed by atoms with E-state index in [9.17, 15) is 6.85 Å². The van der Waals surface area contributed by atoms with Crippen LogP contribution in [0.4, 0.5) is 0 Å². The molecule has 0 unspecified atom stereocenters. The maximum absolute atomic E-state index is 9.42. The van der Waals surface area contributed by atoms with E-state index in [4.69, 9.17) is 18.1 Å². The summed E-state index contributed by atoms with van der Waals surface area (Å²) >= 11 is 0. The van der Waals surface area contributed by atoms with Gasteiger partial charge >= 0.3 is 0 Å². The van der Waals surface area contributed by atoms with Gasteiger partial charge in [0.15, 0.2) is 0 Å². The fourth-order valence-electron chi connectivity index (χ4n) is 5.99. The zero-order valence-electron chi connectivity index (χ0n) is 38.4. The predicted octanol–water partition coefficient (Wildman–Crippen LogP) is 12.6. The van der Waals surface area contributed by atoms with Gasteiger partial charge in [0.2, 0.25) is 0 Å². The van der Waals surface area contributed by atoms with Gasteiger partial charge in [-0.3, -0.25) is 0 Å². The highest BCUT2D eigenvalue weighted by Gasteiger charge is 2.20. The van der Waals surface area contributed by atoms with Gasteiger partial charge < -0.3 is 4.42 Å². The van der Waals surface area contributed by atoms with Gasteiger partial charge in [0.1, 0.15) is 11.2 Å². The van der Waals surface area contributed by atoms with Crippen molar-refractivity contribution in [1.29, 1.82) is 0 Å². The summed E-state index contributed by atoms with van der Waals surface area (Å²) in [7, 11) is 0. The smallest absolute Gasteiger partial charge is 0.136 e. The van der Waals surface area contributed by atoms with Crippen LogP contribution in [-0.2, 0) is 0 Å². The first kappa shape index (κ1) is 14.7. The molecule has 0 saturated heterocycles. The highest BCUT2D eigenvalue weighted by molar-refractivity contribution is 6.25. The van der Waals surface area contributed by atoms with Crippen LogP contribution in [0.25, 0.3) is 88.0 Å². The molecular weight excluding hydrogens is 544 g/mol. The van der Waals surface area contributed by atoms with E-state index in [1.807, 2.05) is 0 Å². The standard InChI is InChI=1S/C44H28O/c1-3-12-29(13-4-1)31-22-24-32(25-23-31)42-34-16-7-9-18-36(34)43(37-19-10-8-17-35(37)42)39-20-11-21-40-44(39)38-27-26-33(28-41(38)45-40)30-14-5-2-6-15-30/h1-28H/i2D,5D,6D,11D,14D,15D,20D,21D,22D,23D,24D,25D,26D,27D,28D. The van der Waals surface area contributed by atoms with Crippen molar-refractivity contribution >= 4 is 43.5 Å². The number of hydrogen-bond donors (Lipinski definition) is 0. The van der Waals surface area contributed by atoms with Crippen molar-refractivity contribution in [3.63, 3.8) is 0 Å². The van der Waals surface area contributed by atoms with Crippen LogP contribution in [-0.4, -0.2) is 0 Å². The van der Waals surface area contributed by atoms with Crippen LogP contribution < -0.4 is 0 Å². The Labute approximate surface area is 282 Å². The van der Waals surface area contributed by atoms with Crippen molar-refractivity contribution in [3.8, 4) is 44.5 Å². The molecule has 210 valence electrons. The third kappa shape index (κ3) is 4.17. The van der Waals surface area contributed by atoms with Gasteiger partial charge in [0.25, 0.3) is 0 Å². The fourth-order valence-corrected chi connectivity index (χ4v) is 5.99. The van der Waals surface area contributed by atoms with Gasteiger partial charge in [-0.2, -0.15) is 0 Å². The van der Waals surface area contributed by atoms with Crippen LogP contribution in [0.3, 0.4) is 0 Å². The molecule has 1 aromatic heterocycles. The zero-order chi connectivity index (χ0) is 42.8. The van der Waals surface area contributed by atoms with E-state index >= 15 is 0 Å². The average Bonchev–Trinajstić information content (AvgIpc) is 3.66. The summed E-state index contributed by atoms with van der Waals surface area (Å²) in [5, 5.41) is 1.68. The molecule has 45 heavy (non-hydrogen) atoms. The van der Waals surface area contributed by atoms with Gasteiger partial charge in [0.05, 0.1) is 20.6 Å². The number of hydrogen-bond acceptors (Lipinski definition) is 1. The van der Waals surface area contributed by atoms with E-state index in [2.05, 4.69) is 0 Å². The molecule has 0 radical (unpaired) electrons. The first-order chi connectivity index (χ1) is 28.6. The molecule has 1 nitrogen and oxygen atoms in total. The molecule has 9 rings (SSSR count). The Morgan fingerprint density at radius 3 is 1.64 bits per heavy atom. The van der Waals surface area contributed by atoms with E-state index in [0.29, 0.717) is 38.2 Å². The summed E-state index contributed by atoms with van der Waals surface area (Å²) in [6.07, 6.45) is 0. The minimum atomic E-state index is -0.697. The molecule has 0 spiro atoms. The van der Waals surface area contributed by atoms with Crippen LogP contribution in [0.2, 0.25) is 0 Å². The second-order valence-electron chi connectivity index (χ2n) is 10.5. The molecule has 0 aliphatic carbocycles. The molecule has 8 aromatic carbocycles. The highest BCUT2D eigenvalue weighted by atomic mass is 16.3. The monoisotopic (exact) mass is 587 g/mol. The lowest BCUT2D eigenvalue weighted by atomic mass is 9.84. The van der Waals surface area contributed by atoms with Gasteiger partial charge in [-0.15, -0.1) is 0 Å². The number of benzene rings is 8. The Hall–Kier alpha value is -5.92. The molecule has 0 bridgehead atoms. The Kier molecular flexibility index (Phi) is 3.39. The third-order valence-electron chi connectivity index (χ3n) is 7.94. The van der Waals surface area contributed by atoms with Crippen LogP contribution in [0.5, 0.6) is 0 Å². The van der Waals surface area contributed by atoms with Crippen LogP contribution in [0.1, 0.15) is 20.6 Å². The molecule has 1 heteroatoms. The summed E-state index contributed by atoms with van der Waals surface area (Å²) < 4.78 is 140. The van der Waals surface area contributed by atoms with Gasteiger partial charge in [-0.05, 0) is 84.2 Å². The third-order valence-corrected chi connectivity index (χ3v) is 7.94. The lowest BCUT2D eigenvalue weighted by Gasteiger charge is -2.18. The summed E-state index contributed by atoms with van der Waals surface area (Å²) in [4.78, 5) is 0. The maximum Gasteiger partial charge on any atom is 0.136 e. The Morgan fingerprint density at radius 1 is 0.378 bits per heavy atom. The average molecular weight is 588 g/mol. The predicted molar refractivity (Wildman–Crippen MR) is 190 cm³/mol. The normalized spacial score (nSPS) is 16.2. The minimum Gasteiger partial charge on any atom is -0.456 e. The summed E-state index contributed by atoms with van der Waals surface area (Å²) in [6, 6.07) is 14.9. The van der Waals surface area contributed by atoms with Crippen molar-refractivity contribution in [2.75, 3.05) is 0 Å². The molecule has 0 fully saturated rings. The van der Waals surface area contributed by atoms with Crippen molar-refractivity contribution in [2.45, 2.75) is 0 Å². The lowest BCUT2D eigenvalue weighted by Crippen LogP contribution is -1.91. The van der Waals surface area contributed by atoms with E-state index in [1.54, 1.807) is 78.9 Å². The molecular formula is C44H28O. The van der Waals surface area contributed by atoms with Crippen molar-refractivity contribution < 1.29 is 25.0 Å². The number of rotatable bonds is 4. The van der Waals surface area contributed by atoms with Crippen molar-refractivity contribution in [1.82, 2.24) is 0 Å². The van der Waals surface area contributed by atoms with Gasteiger partial charge in [0, 0.05) is 10.8 Å². The largest absolute Gasteiger partial charge is 0.456 e. The summed E-state index contributed by atoms with van der Waals surface area (Å²) in [5.74, 6) is 0. The van der Waals surface area contributed by atoms with E-state index in [1.165, 1.54) is 0 Å². The van der Waals surface area contributed by atoms with Crippen LogP contribution >= 0.6 is 0 Å². The van der Waals surface area contributed by atoms with Crippen molar-refractivity contribution in [3.05, 3.63) is 169 Å². The molecule has 9 aromatic rings. The van der Waals surface area contributed by atoms with Crippen LogP contribution in [0, 0.1) is 0 Å². The quantitative estimate of drug-likeness (QED) is 0.187.